The van der Waals surface area contributed by atoms with E-state index in [4.69, 9.17) is 21.2 Å². The van der Waals surface area contributed by atoms with Gasteiger partial charge in [0.1, 0.15) is 29.7 Å². The van der Waals surface area contributed by atoms with E-state index >= 15 is 0 Å². The first-order chi connectivity index (χ1) is 8.88. The predicted octanol–water partition coefficient (Wildman–Crippen LogP) is 3.72. The molecule has 1 heterocycles. The minimum atomic E-state index is -0.896. The van der Waals surface area contributed by atoms with Crippen molar-refractivity contribution in [1.82, 2.24) is 5.06 Å². The molecule has 0 saturated heterocycles. The van der Waals surface area contributed by atoms with Crippen LogP contribution in [0.15, 0.2) is 29.5 Å². The van der Waals surface area contributed by atoms with Crippen molar-refractivity contribution in [3.05, 3.63) is 46.7 Å². The van der Waals surface area contributed by atoms with E-state index < -0.39 is 23.4 Å². The molecule has 6 heteroatoms. The summed E-state index contributed by atoms with van der Waals surface area (Å²) in [6, 6.07) is 2.78. The van der Waals surface area contributed by atoms with Crippen molar-refractivity contribution in [3.8, 4) is 0 Å². The van der Waals surface area contributed by atoms with Crippen LogP contribution in [0.4, 0.5) is 8.78 Å². The average Bonchev–Trinajstić information content (AvgIpc) is 2.72. The highest BCUT2D eigenvalue weighted by atomic mass is 35.5. The normalized spacial score (nSPS) is 20.3. The van der Waals surface area contributed by atoms with E-state index in [0.717, 1.165) is 0 Å². The van der Waals surface area contributed by atoms with Gasteiger partial charge in [-0.25, -0.2) is 8.78 Å². The number of hydroxylamine groups is 2. The number of benzene rings is 1. The molecule has 1 aromatic carbocycles. The highest BCUT2D eigenvalue weighted by Crippen LogP contribution is 2.42. The lowest BCUT2D eigenvalue weighted by atomic mass is 10.0. The van der Waals surface area contributed by atoms with Gasteiger partial charge in [0, 0.05) is 12.7 Å². The van der Waals surface area contributed by atoms with Crippen LogP contribution in [-0.2, 0) is 9.57 Å². The van der Waals surface area contributed by atoms with E-state index in [1.807, 2.05) is 0 Å². The van der Waals surface area contributed by atoms with Crippen molar-refractivity contribution in [1.29, 1.82) is 0 Å². The van der Waals surface area contributed by atoms with Crippen molar-refractivity contribution >= 4 is 11.6 Å². The summed E-state index contributed by atoms with van der Waals surface area (Å²) < 4.78 is 33.0. The van der Waals surface area contributed by atoms with Gasteiger partial charge in [-0.3, -0.25) is 0 Å². The maximum absolute atomic E-state index is 13.9. The third-order valence-electron chi connectivity index (χ3n) is 3.08. The van der Waals surface area contributed by atoms with Gasteiger partial charge in [0.25, 0.3) is 0 Å². The van der Waals surface area contributed by atoms with E-state index in [9.17, 15) is 8.78 Å². The van der Waals surface area contributed by atoms with Gasteiger partial charge >= 0.3 is 0 Å². The Balaban J connectivity index is 2.49. The molecule has 104 valence electrons. The predicted molar refractivity (Wildman–Crippen MR) is 67.0 cm³/mol. The fourth-order valence-corrected chi connectivity index (χ4v) is 2.14. The highest BCUT2D eigenvalue weighted by molar-refractivity contribution is 6.30. The second kappa shape index (κ2) is 5.07. The van der Waals surface area contributed by atoms with Crippen LogP contribution in [0.25, 0.3) is 0 Å². The molecule has 1 aliphatic rings. The Hall–Kier alpha value is -1.17. The fourth-order valence-electron chi connectivity index (χ4n) is 1.90. The van der Waals surface area contributed by atoms with Gasteiger partial charge < -0.3 is 9.57 Å². The molecule has 0 spiro atoms. The Morgan fingerprint density at radius 1 is 1.32 bits per heavy atom. The molecule has 0 aliphatic carbocycles. The van der Waals surface area contributed by atoms with Crippen LogP contribution >= 0.6 is 11.6 Å². The summed E-state index contributed by atoms with van der Waals surface area (Å²) in [4.78, 5) is 5.28. The molecular weight excluding hydrogens is 276 g/mol. The summed E-state index contributed by atoms with van der Waals surface area (Å²) in [7, 11) is 1.48. The lowest BCUT2D eigenvalue weighted by Gasteiger charge is -2.36. The molecule has 3 nitrogen and oxygen atoms in total. The molecule has 0 fully saturated rings. The Morgan fingerprint density at radius 3 is 2.42 bits per heavy atom. The first-order valence-corrected chi connectivity index (χ1v) is 6.07. The number of ether oxygens (including phenoxy) is 1. The number of methoxy groups -OCH3 is 1. The van der Waals surface area contributed by atoms with Crippen LogP contribution in [0.3, 0.4) is 0 Å². The summed E-state index contributed by atoms with van der Waals surface area (Å²) >= 11 is 6.02. The Morgan fingerprint density at radius 2 is 1.89 bits per heavy atom. The largest absolute Gasteiger partial charge is 0.409 e. The zero-order valence-electron chi connectivity index (χ0n) is 10.8. The van der Waals surface area contributed by atoms with Crippen molar-refractivity contribution in [2.24, 2.45) is 0 Å². The number of nitrogens with zero attached hydrogens (tertiary/aromatic N) is 1. The first kappa shape index (κ1) is 14.2. The van der Waals surface area contributed by atoms with Gasteiger partial charge in [0.05, 0.1) is 5.03 Å². The molecule has 0 aromatic heterocycles. The van der Waals surface area contributed by atoms with E-state index in [-0.39, 0.29) is 10.6 Å². The zero-order chi connectivity index (χ0) is 14.2. The smallest absolute Gasteiger partial charge is 0.149 e. The standard InChI is InChI=1S/C13H14ClF2NO2/c1-13(2,18-3)17-12(8(14)7-19-17)11-9(15)5-4-6-10(11)16/h4-7,12H,1-3H3. The number of hydrogen-bond acceptors (Lipinski definition) is 3. The minimum absolute atomic E-state index is 0.161. The van der Waals surface area contributed by atoms with Crippen molar-refractivity contribution in [2.75, 3.05) is 7.11 Å². The van der Waals surface area contributed by atoms with Crippen LogP contribution in [-0.4, -0.2) is 17.9 Å². The second-order valence-corrected chi connectivity index (χ2v) is 5.06. The number of halogens is 3. The molecule has 1 aliphatic heterocycles. The third-order valence-corrected chi connectivity index (χ3v) is 3.37. The summed E-state index contributed by atoms with van der Waals surface area (Å²) in [6.45, 7) is 3.42. The monoisotopic (exact) mass is 289 g/mol. The Labute approximate surface area is 115 Å². The van der Waals surface area contributed by atoms with Crippen molar-refractivity contribution < 1.29 is 18.4 Å². The van der Waals surface area contributed by atoms with Crippen LogP contribution in [0, 0.1) is 11.6 Å². The van der Waals surface area contributed by atoms with E-state index in [0.29, 0.717) is 0 Å². The molecule has 0 bridgehead atoms. The molecule has 1 aromatic rings. The second-order valence-electron chi connectivity index (χ2n) is 4.62. The van der Waals surface area contributed by atoms with Crippen LogP contribution in [0.5, 0.6) is 0 Å². The molecule has 1 atom stereocenters. The van der Waals surface area contributed by atoms with E-state index in [1.54, 1.807) is 13.8 Å². The summed E-state index contributed by atoms with van der Waals surface area (Å²) in [5.41, 5.74) is -1.06. The van der Waals surface area contributed by atoms with Gasteiger partial charge in [0.15, 0.2) is 0 Å². The summed E-state index contributed by atoms with van der Waals surface area (Å²) in [5, 5.41) is 1.51. The Kier molecular flexibility index (Phi) is 3.80. The quantitative estimate of drug-likeness (QED) is 0.846. The minimum Gasteiger partial charge on any atom is -0.409 e. The molecule has 1 unspecified atom stereocenters. The lowest BCUT2D eigenvalue weighted by molar-refractivity contribution is -0.264. The van der Waals surface area contributed by atoms with Crippen molar-refractivity contribution in [2.45, 2.75) is 25.6 Å². The van der Waals surface area contributed by atoms with Gasteiger partial charge in [0.2, 0.25) is 0 Å². The first-order valence-electron chi connectivity index (χ1n) is 5.69. The van der Waals surface area contributed by atoms with E-state index in [1.165, 1.54) is 36.6 Å². The molecule has 19 heavy (non-hydrogen) atoms. The maximum atomic E-state index is 13.9. The van der Waals surface area contributed by atoms with Crippen LogP contribution in [0.1, 0.15) is 25.5 Å². The average molecular weight is 290 g/mol. The Bertz CT molecular complexity index is 499. The lowest BCUT2D eigenvalue weighted by Crippen LogP contribution is -2.45. The molecular formula is C13H14ClF2NO2. The van der Waals surface area contributed by atoms with E-state index in [2.05, 4.69) is 0 Å². The van der Waals surface area contributed by atoms with Crippen LogP contribution in [0.2, 0.25) is 0 Å². The maximum Gasteiger partial charge on any atom is 0.149 e. The number of hydrogen-bond donors (Lipinski definition) is 0. The van der Waals surface area contributed by atoms with Crippen LogP contribution < -0.4 is 0 Å². The zero-order valence-corrected chi connectivity index (χ0v) is 11.5. The topological polar surface area (TPSA) is 21.7 Å². The van der Waals surface area contributed by atoms with Gasteiger partial charge in [-0.1, -0.05) is 17.7 Å². The summed E-state index contributed by atoms with van der Waals surface area (Å²) in [6.07, 6.45) is 1.25. The third kappa shape index (κ3) is 2.45. The SMILES string of the molecule is COC(C)(C)N1OC=C(Cl)C1c1c(F)cccc1F. The molecule has 2 rings (SSSR count). The summed E-state index contributed by atoms with van der Waals surface area (Å²) in [5.74, 6) is -1.36. The molecule has 0 N–H and O–H groups in total. The number of rotatable bonds is 3. The van der Waals surface area contributed by atoms with Gasteiger partial charge in [-0.05, 0) is 26.0 Å². The van der Waals surface area contributed by atoms with Gasteiger partial charge in [-0.2, -0.15) is 0 Å². The molecule has 0 radical (unpaired) electrons. The molecule has 0 amide bonds. The van der Waals surface area contributed by atoms with Gasteiger partial charge in [-0.15, -0.1) is 5.06 Å². The van der Waals surface area contributed by atoms with Crippen molar-refractivity contribution in [3.63, 3.8) is 0 Å². The molecule has 0 saturated carbocycles. The fraction of sp³-hybridized carbons (Fsp3) is 0.385. The highest BCUT2D eigenvalue weighted by Gasteiger charge is 2.43.